The lowest BCUT2D eigenvalue weighted by molar-refractivity contribution is -0.132. The van der Waals surface area contributed by atoms with Gasteiger partial charge in [-0.1, -0.05) is 42.5 Å². The summed E-state index contributed by atoms with van der Waals surface area (Å²) in [5.41, 5.74) is 6.98. The molecule has 3 heteroatoms. The molecule has 0 bridgehead atoms. The summed E-state index contributed by atoms with van der Waals surface area (Å²) < 4.78 is 0. The molecule has 1 aliphatic carbocycles. The highest BCUT2D eigenvalue weighted by molar-refractivity contribution is 5.77. The van der Waals surface area contributed by atoms with Crippen molar-refractivity contribution in [2.24, 2.45) is 0 Å². The Labute approximate surface area is 156 Å². The van der Waals surface area contributed by atoms with Crippen molar-refractivity contribution in [2.75, 3.05) is 20.1 Å². The van der Waals surface area contributed by atoms with Crippen LogP contribution in [0.15, 0.2) is 42.5 Å². The van der Waals surface area contributed by atoms with E-state index in [1.807, 2.05) is 11.9 Å². The Morgan fingerprint density at radius 2 is 1.85 bits per heavy atom. The molecule has 136 valence electrons. The van der Waals surface area contributed by atoms with Crippen molar-refractivity contribution >= 4 is 5.91 Å². The second kappa shape index (κ2) is 7.63. The Balaban J connectivity index is 1.32. The van der Waals surface area contributed by atoms with E-state index in [-0.39, 0.29) is 0 Å². The van der Waals surface area contributed by atoms with Crippen LogP contribution in [-0.2, 0) is 17.6 Å². The van der Waals surface area contributed by atoms with E-state index in [1.54, 1.807) is 0 Å². The van der Waals surface area contributed by atoms with Gasteiger partial charge in [-0.15, -0.1) is 0 Å². The van der Waals surface area contributed by atoms with E-state index in [0.29, 0.717) is 18.4 Å². The first-order valence-electron chi connectivity index (χ1n) is 9.89. The molecular weight excluding hydrogens is 320 g/mol. The van der Waals surface area contributed by atoms with Gasteiger partial charge in [0.1, 0.15) is 0 Å². The van der Waals surface area contributed by atoms with Gasteiger partial charge in [0.15, 0.2) is 0 Å². The lowest BCUT2D eigenvalue weighted by atomic mass is 9.99. The van der Waals surface area contributed by atoms with E-state index in [9.17, 15) is 4.79 Å². The van der Waals surface area contributed by atoms with E-state index >= 15 is 0 Å². The van der Waals surface area contributed by atoms with Gasteiger partial charge in [0.05, 0.1) is 0 Å². The minimum Gasteiger partial charge on any atom is -0.343 e. The van der Waals surface area contributed by atoms with Gasteiger partial charge in [0, 0.05) is 25.6 Å². The number of piperidine rings is 1. The number of fused-ring (bicyclic) bond motifs is 3. The highest BCUT2D eigenvalue weighted by atomic mass is 16.2. The van der Waals surface area contributed by atoms with E-state index in [2.05, 4.69) is 47.8 Å². The number of carbonyl (C=O) groups excluding carboxylic acids is 1. The zero-order chi connectivity index (χ0) is 17.9. The molecule has 4 rings (SSSR count). The fourth-order valence-corrected chi connectivity index (χ4v) is 4.35. The van der Waals surface area contributed by atoms with Crippen LogP contribution in [-0.4, -0.2) is 37.0 Å². The van der Waals surface area contributed by atoms with Crippen molar-refractivity contribution in [2.45, 2.75) is 44.6 Å². The van der Waals surface area contributed by atoms with Crippen molar-refractivity contribution in [1.29, 1.82) is 0 Å². The molecule has 26 heavy (non-hydrogen) atoms. The van der Waals surface area contributed by atoms with E-state index < -0.39 is 0 Å². The quantitative estimate of drug-likeness (QED) is 0.761. The molecule has 1 fully saturated rings. The molecule has 1 aliphatic heterocycles. The average Bonchev–Trinajstić information content (AvgIpc) is 3.06. The van der Waals surface area contributed by atoms with Crippen LogP contribution in [0.3, 0.4) is 0 Å². The molecule has 0 atom stereocenters. The minimum absolute atomic E-state index is 0.325. The highest BCUT2D eigenvalue weighted by Gasteiger charge is 2.21. The van der Waals surface area contributed by atoms with Crippen molar-refractivity contribution in [3.05, 3.63) is 59.2 Å². The Morgan fingerprint density at radius 3 is 2.65 bits per heavy atom. The van der Waals surface area contributed by atoms with Gasteiger partial charge in [0.25, 0.3) is 0 Å². The number of rotatable bonds is 5. The maximum Gasteiger partial charge on any atom is 0.222 e. The Bertz CT molecular complexity index is 791. The van der Waals surface area contributed by atoms with Gasteiger partial charge >= 0.3 is 0 Å². The molecule has 1 saturated heterocycles. The number of nitrogens with zero attached hydrogens (tertiary/aromatic N) is 1. The van der Waals surface area contributed by atoms with Crippen LogP contribution in [0, 0.1) is 0 Å². The smallest absolute Gasteiger partial charge is 0.222 e. The topological polar surface area (TPSA) is 32.3 Å². The highest BCUT2D eigenvalue weighted by Crippen LogP contribution is 2.37. The molecule has 0 spiro atoms. The van der Waals surface area contributed by atoms with Gasteiger partial charge in [-0.2, -0.15) is 0 Å². The second-order valence-corrected chi connectivity index (χ2v) is 7.62. The average molecular weight is 348 g/mol. The number of amides is 1. The second-order valence-electron chi connectivity index (χ2n) is 7.62. The molecule has 1 heterocycles. The van der Waals surface area contributed by atoms with Crippen molar-refractivity contribution in [3.63, 3.8) is 0 Å². The maximum atomic E-state index is 12.4. The molecule has 1 N–H and O–H groups in total. The Hall–Kier alpha value is -2.13. The molecule has 3 nitrogen and oxygen atoms in total. The molecule has 0 unspecified atom stereocenters. The standard InChI is InChI=1S/C23H28N2O/c1-24-20-11-13-25(14-12-20)23(26)8-4-5-17-9-10-19-16-18-6-2-3-7-21(18)22(19)15-17/h2-3,6-7,9-10,15,20,24H,4-5,8,11-14,16H2,1H3. The molecule has 0 saturated carbocycles. The third-order valence-corrected chi connectivity index (χ3v) is 5.97. The lowest BCUT2D eigenvalue weighted by Gasteiger charge is -2.31. The number of carbonyl (C=O) groups is 1. The summed E-state index contributed by atoms with van der Waals surface area (Å²) in [5.74, 6) is 0.325. The zero-order valence-electron chi connectivity index (χ0n) is 15.6. The van der Waals surface area contributed by atoms with Crippen LogP contribution in [0.25, 0.3) is 11.1 Å². The molecular formula is C23H28N2O. The van der Waals surface area contributed by atoms with Crippen molar-refractivity contribution in [1.82, 2.24) is 10.2 Å². The predicted octanol–water partition coefficient (Wildman–Crippen LogP) is 3.79. The molecule has 1 amide bonds. The normalized spacial score (nSPS) is 16.4. The van der Waals surface area contributed by atoms with Crippen LogP contribution in [0.4, 0.5) is 0 Å². The molecule has 2 aromatic rings. The number of hydrogen-bond donors (Lipinski definition) is 1. The fourth-order valence-electron chi connectivity index (χ4n) is 4.35. The van der Waals surface area contributed by atoms with E-state index in [4.69, 9.17) is 0 Å². The number of benzene rings is 2. The summed E-state index contributed by atoms with van der Waals surface area (Å²) in [6, 6.07) is 16.1. The van der Waals surface area contributed by atoms with Gasteiger partial charge in [-0.3, -0.25) is 4.79 Å². The van der Waals surface area contributed by atoms with Gasteiger partial charge in [-0.05, 0) is 67.0 Å². The van der Waals surface area contributed by atoms with Crippen LogP contribution >= 0.6 is 0 Å². The summed E-state index contributed by atoms with van der Waals surface area (Å²) >= 11 is 0. The third kappa shape index (κ3) is 3.54. The van der Waals surface area contributed by atoms with Crippen LogP contribution in [0.5, 0.6) is 0 Å². The predicted molar refractivity (Wildman–Crippen MR) is 106 cm³/mol. The SMILES string of the molecule is CNC1CCN(C(=O)CCCc2ccc3c(c2)-c2ccccc2C3)CC1. The van der Waals surface area contributed by atoms with Crippen molar-refractivity contribution in [3.8, 4) is 11.1 Å². The van der Waals surface area contributed by atoms with Gasteiger partial charge < -0.3 is 10.2 Å². The monoisotopic (exact) mass is 348 g/mol. The summed E-state index contributed by atoms with van der Waals surface area (Å²) in [4.78, 5) is 14.5. The number of aryl methyl sites for hydroxylation is 1. The zero-order valence-corrected chi connectivity index (χ0v) is 15.6. The van der Waals surface area contributed by atoms with Gasteiger partial charge in [0.2, 0.25) is 5.91 Å². The van der Waals surface area contributed by atoms with E-state index in [0.717, 1.165) is 45.2 Å². The summed E-state index contributed by atoms with van der Waals surface area (Å²) in [5, 5.41) is 3.32. The lowest BCUT2D eigenvalue weighted by Crippen LogP contribution is -2.43. The maximum absolute atomic E-state index is 12.4. The van der Waals surface area contributed by atoms with Crippen LogP contribution < -0.4 is 5.32 Å². The van der Waals surface area contributed by atoms with Crippen LogP contribution in [0.1, 0.15) is 42.4 Å². The first kappa shape index (κ1) is 17.3. The summed E-state index contributed by atoms with van der Waals surface area (Å²) in [7, 11) is 2.01. The Morgan fingerprint density at radius 1 is 1.08 bits per heavy atom. The molecule has 0 aromatic heterocycles. The van der Waals surface area contributed by atoms with Crippen LogP contribution in [0.2, 0.25) is 0 Å². The largest absolute Gasteiger partial charge is 0.343 e. The molecule has 2 aromatic carbocycles. The fraction of sp³-hybridized carbons (Fsp3) is 0.435. The minimum atomic E-state index is 0.325. The number of likely N-dealkylation sites (tertiary alicyclic amines) is 1. The van der Waals surface area contributed by atoms with Gasteiger partial charge in [-0.25, -0.2) is 0 Å². The summed E-state index contributed by atoms with van der Waals surface area (Å²) in [6.45, 7) is 1.81. The number of nitrogens with one attached hydrogen (secondary N) is 1. The van der Waals surface area contributed by atoms with E-state index in [1.165, 1.54) is 27.8 Å². The third-order valence-electron chi connectivity index (χ3n) is 5.97. The number of hydrogen-bond acceptors (Lipinski definition) is 2. The van der Waals surface area contributed by atoms with Crippen molar-refractivity contribution < 1.29 is 4.79 Å². The Kier molecular flexibility index (Phi) is 5.07. The first-order chi connectivity index (χ1) is 12.7. The molecule has 0 radical (unpaired) electrons. The summed E-state index contributed by atoms with van der Waals surface area (Å²) in [6.07, 6.45) is 5.78. The first-order valence-corrected chi connectivity index (χ1v) is 9.89. The molecule has 2 aliphatic rings.